The number of aryl methyl sites for hydroxylation is 1. The zero-order chi connectivity index (χ0) is 12.7. The topological polar surface area (TPSA) is 40.5 Å². The number of hydrogen-bond donors (Lipinski definition) is 1. The molecule has 1 rings (SSSR count). The van der Waals surface area contributed by atoms with Crippen molar-refractivity contribution < 1.29 is 9.90 Å². The molecular formula is C14H21NO2. The fourth-order valence-electron chi connectivity index (χ4n) is 1.85. The second kappa shape index (κ2) is 6.94. The van der Waals surface area contributed by atoms with E-state index in [9.17, 15) is 4.79 Å². The first-order chi connectivity index (χ1) is 8.15. The van der Waals surface area contributed by atoms with Gasteiger partial charge in [-0.1, -0.05) is 31.5 Å². The van der Waals surface area contributed by atoms with Gasteiger partial charge in [0.2, 0.25) is 0 Å². The number of rotatable bonds is 7. The Kier molecular flexibility index (Phi) is 5.53. The number of nitrogens with zero attached hydrogens (tertiary/aromatic N) is 1. The van der Waals surface area contributed by atoms with Gasteiger partial charge in [0.25, 0.3) is 0 Å². The molecule has 0 amide bonds. The summed E-state index contributed by atoms with van der Waals surface area (Å²) in [4.78, 5) is 12.8. The number of unbranched alkanes of at least 4 members (excludes halogenated alkanes) is 1. The van der Waals surface area contributed by atoms with Crippen LogP contribution in [0.25, 0.3) is 0 Å². The van der Waals surface area contributed by atoms with Crippen molar-refractivity contribution in [2.75, 3.05) is 18.0 Å². The molecule has 94 valence electrons. The molecular weight excluding hydrogens is 214 g/mol. The van der Waals surface area contributed by atoms with E-state index in [0.717, 1.165) is 25.1 Å². The number of aliphatic carboxylic acids is 1. The van der Waals surface area contributed by atoms with Crippen molar-refractivity contribution in [2.45, 2.75) is 33.1 Å². The molecule has 0 aromatic heterocycles. The normalized spacial score (nSPS) is 10.2. The van der Waals surface area contributed by atoms with Gasteiger partial charge < -0.3 is 10.0 Å². The molecule has 17 heavy (non-hydrogen) atoms. The standard InChI is InChI=1S/C14H21NO2/c1-3-4-10-15(11-9-14(16)17)13-8-6-5-7-12(13)2/h5-8H,3-4,9-11H2,1-2H3,(H,16,17). The molecule has 0 aliphatic rings. The van der Waals surface area contributed by atoms with Crippen molar-refractivity contribution in [1.29, 1.82) is 0 Å². The maximum Gasteiger partial charge on any atom is 0.305 e. The number of carboxylic acids is 1. The van der Waals surface area contributed by atoms with Gasteiger partial charge in [-0.3, -0.25) is 4.79 Å². The molecule has 1 aromatic rings. The van der Waals surface area contributed by atoms with Crippen LogP contribution >= 0.6 is 0 Å². The number of benzene rings is 1. The van der Waals surface area contributed by atoms with Crippen LogP contribution in [-0.4, -0.2) is 24.2 Å². The summed E-state index contributed by atoms with van der Waals surface area (Å²) in [5.41, 5.74) is 2.36. The lowest BCUT2D eigenvalue weighted by atomic mass is 10.1. The zero-order valence-electron chi connectivity index (χ0n) is 10.6. The van der Waals surface area contributed by atoms with Crippen molar-refractivity contribution in [3.8, 4) is 0 Å². The Morgan fingerprint density at radius 1 is 1.29 bits per heavy atom. The summed E-state index contributed by atoms with van der Waals surface area (Å²) in [6.45, 7) is 5.72. The van der Waals surface area contributed by atoms with Gasteiger partial charge in [0.05, 0.1) is 6.42 Å². The Morgan fingerprint density at radius 3 is 2.59 bits per heavy atom. The Labute approximate surface area is 103 Å². The highest BCUT2D eigenvalue weighted by Gasteiger charge is 2.09. The van der Waals surface area contributed by atoms with Gasteiger partial charge in [0.1, 0.15) is 0 Å². The Balaban J connectivity index is 2.74. The van der Waals surface area contributed by atoms with E-state index in [1.54, 1.807) is 0 Å². The van der Waals surface area contributed by atoms with Crippen molar-refractivity contribution in [1.82, 2.24) is 0 Å². The summed E-state index contributed by atoms with van der Waals surface area (Å²) in [6, 6.07) is 8.14. The third kappa shape index (κ3) is 4.47. The SMILES string of the molecule is CCCCN(CCC(=O)O)c1ccccc1C. The maximum absolute atomic E-state index is 10.7. The Morgan fingerprint density at radius 2 is 2.00 bits per heavy atom. The molecule has 0 aliphatic heterocycles. The molecule has 0 atom stereocenters. The number of carboxylic acid groups (broad SMARTS) is 1. The van der Waals surface area contributed by atoms with Gasteiger partial charge in [-0.2, -0.15) is 0 Å². The third-order valence-corrected chi connectivity index (χ3v) is 2.83. The van der Waals surface area contributed by atoms with E-state index in [1.165, 1.54) is 5.56 Å². The molecule has 1 aromatic carbocycles. The van der Waals surface area contributed by atoms with E-state index in [0.29, 0.717) is 6.54 Å². The average Bonchev–Trinajstić information content (AvgIpc) is 2.30. The zero-order valence-corrected chi connectivity index (χ0v) is 10.6. The molecule has 1 N–H and O–H groups in total. The quantitative estimate of drug-likeness (QED) is 0.789. The average molecular weight is 235 g/mol. The van der Waals surface area contributed by atoms with Gasteiger partial charge in [0.15, 0.2) is 0 Å². The third-order valence-electron chi connectivity index (χ3n) is 2.83. The molecule has 0 fully saturated rings. The van der Waals surface area contributed by atoms with Gasteiger partial charge >= 0.3 is 5.97 Å². The fourth-order valence-corrected chi connectivity index (χ4v) is 1.85. The van der Waals surface area contributed by atoms with E-state index in [2.05, 4.69) is 30.9 Å². The Hall–Kier alpha value is -1.51. The van der Waals surface area contributed by atoms with Crippen molar-refractivity contribution in [3.63, 3.8) is 0 Å². The maximum atomic E-state index is 10.7. The molecule has 0 heterocycles. The van der Waals surface area contributed by atoms with E-state index in [1.807, 2.05) is 12.1 Å². The van der Waals surface area contributed by atoms with Crippen LogP contribution in [0.2, 0.25) is 0 Å². The summed E-state index contributed by atoms with van der Waals surface area (Å²) < 4.78 is 0. The molecule has 0 saturated carbocycles. The highest BCUT2D eigenvalue weighted by Crippen LogP contribution is 2.20. The number of hydrogen-bond acceptors (Lipinski definition) is 2. The monoisotopic (exact) mass is 235 g/mol. The highest BCUT2D eigenvalue weighted by molar-refractivity contribution is 5.68. The first kappa shape index (κ1) is 13.6. The van der Waals surface area contributed by atoms with Crippen molar-refractivity contribution >= 4 is 11.7 Å². The van der Waals surface area contributed by atoms with Crippen LogP contribution in [0, 0.1) is 6.92 Å². The minimum atomic E-state index is -0.736. The molecule has 0 radical (unpaired) electrons. The van der Waals surface area contributed by atoms with Crippen molar-refractivity contribution in [3.05, 3.63) is 29.8 Å². The van der Waals surface area contributed by atoms with Gasteiger partial charge in [-0.25, -0.2) is 0 Å². The number of para-hydroxylation sites is 1. The van der Waals surface area contributed by atoms with Crippen LogP contribution in [0.1, 0.15) is 31.7 Å². The van der Waals surface area contributed by atoms with Crippen LogP contribution in [-0.2, 0) is 4.79 Å². The molecule has 0 saturated heterocycles. The molecule has 0 spiro atoms. The predicted molar refractivity (Wildman–Crippen MR) is 70.6 cm³/mol. The van der Waals surface area contributed by atoms with Gasteiger partial charge in [-0.05, 0) is 25.0 Å². The second-order valence-corrected chi connectivity index (χ2v) is 4.27. The van der Waals surface area contributed by atoms with Crippen LogP contribution in [0.3, 0.4) is 0 Å². The Bertz CT molecular complexity index is 363. The minimum absolute atomic E-state index is 0.193. The van der Waals surface area contributed by atoms with Crippen LogP contribution < -0.4 is 4.90 Å². The summed E-state index contributed by atoms with van der Waals surface area (Å²) in [6.07, 6.45) is 2.40. The van der Waals surface area contributed by atoms with Crippen LogP contribution in [0.4, 0.5) is 5.69 Å². The largest absolute Gasteiger partial charge is 0.481 e. The molecule has 0 unspecified atom stereocenters. The first-order valence-corrected chi connectivity index (χ1v) is 6.17. The van der Waals surface area contributed by atoms with E-state index < -0.39 is 5.97 Å². The van der Waals surface area contributed by atoms with E-state index in [4.69, 9.17) is 5.11 Å². The second-order valence-electron chi connectivity index (χ2n) is 4.27. The van der Waals surface area contributed by atoms with Crippen molar-refractivity contribution in [2.24, 2.45) is 0 Å². The lowest BCUT2D eigenvalue weighted by molar-refractivity contribution is -0.136. The number of carbonyl (C=O) groups is 1. The molecule has 3 nitrogen and oxygen atoms in total. The highest BCUT2D eigenvalue weighted by atomic mass is 16.4. The molecule has 0 bridgehead atoms. The van der Waals surface area contributed by atoms with Gasteiger partial charge in [0, 0.05) is 18.8 Å². The lowest BCUT2D eigenvalue weighted by Crippen LogP contribution is -2.27. The van der Waals surface area contributed by atoms with Crippen LogP contribution in [0.5, 0.6) is 0 Å². The van der Waals surface area contributed by atoms with Gasteiger partial charge in [-0.15, -0.1) is 0 Å². The number of anilines is 1. The predicted octanol–water partition coefficient (Wildman–Crippen LogP) is 3.08. The molecule has 0 aliphatic carbocycles. The summed E-state index contributed by atoms with van der Waals surface area (Å²) in [5.74, 6) is -0.736. The fraction of sp³-hybridized carbons (Fsp3) is 0.500. The summed E-state index contributed by atoms with van der Waals surface area (Å²) in [5, 5.41) is 8.78. The van der Waals surface area contributed by atoms with E-state index >= 15 is 0 Å². The summed E-state index contributed by atoms with van der Waals surface area (Å²) >= 11 is 0. The van der Waals surface area contributed by atoms with Crippen LogP contribution in [0.15, 0.2) is 24.3 Å². The lowest BCUT2D eigenvalue weighted by Gasteiger charge is -2.25. The smallest absolute Gasteiger partial charge is 0.305 e. The van der Waals surface area contributed by atoms with E-state index in [-0.39, 0.29) is 6.42 Å². The molecule has 3 heteroatoms. The first-order valence-electron chi connectivity index (χ1n) is 6.17. The summed E-state index contributed by atoms with van der Waals surface area (Å²) in [7, 11) is 0. The minimum Gasteiger partial charge on any atom is -0.481 e.